The Morgan fingerprint density at radius 2 is 1.50 bits per heavy atom. The van der Waals surface area contributed by atoms with Crippen LogP contribution in [0.2, 0.25) is 39.3 Å². The average molecular weight is 249 g/mol. The zero-order chi connectivity index (χ0) is 12.6. The van der Waals surface area contributed by atoms with E-state index >= 15 is 0 Å². The first-order valence-corrected chi connectivity index (χ1v) is 12.9. The molecule has 0 atom stereocenters. The highest BCUT2D eigenvalue weighted by atomic mass is 28.3. The maximum atomic E-state index is 3.97. The molecular weight excluding hydrogens is 224 g/mol. The summed E-state index contributed by atoms with van der Waals surface area (Å²) in [5, 5.41) is 3.26. The van der Waals surface area contributed by atoms with Crippen LogP contribution in [0.15, 0.2) is 24.8 Å². The van der Waals surface area contributed by atoms with E-state index in [9.17, 15) is 0 Å². The average Bonchev–Trinajstić information content (AvgIpc) is 2.13. The summed E-state index contributed by atoms with van der Waals surface area (Å²) in [5.41, 5.74) is 1.36. The lowest BCUT2D eigenvalue weighted by Crippen LogP contribution is -2.57. The second-order valence-corrected chi connectivity index (χ2v) is 16.5. The summed E-state index contributed by atoms with van der Waals surface area (Å²) >= 11 is 0. The highest BCUT2D eigenvalue weighted by Gasteiger charge is 2.28. The van der Waals surface area contributed by atoms with Gasteiger partial charge < -0.3 is 0 Å². The molecular formula is C14H24Si2. The molecule has 0 fully saturated rings. The van der Waals surface area contributed by atoms with Gasteiger partial charge in [0.15, 0.2) is 0 Å². The summed E-state index contributed by atoms with van der Waals surface area (Å²) in [6.07, 6.45) is 2.03. The number of rotatable bonds is 3. The maximum absolute atomic E-state index is 3.97. The summed E-state index contributed by atoms with van der Waals surface area (Å²) in [4.78, 5) is 0. The molecule has 0 aliphatic heterocycles. The van der Waals surface area contributed by atoms with Crippen molar-refractivity contribution in [1.82, 2.24) is 0 Å². The van der Waals surface area contributed by atoms with E-state index in [1.807, 2.05) is 6.08 Å². The Labute approximate surface area is 102 Å². The third kappa shape index (κ3) is 2.74. The molecule has 1 aromatic rings. The Balaban J connectivity index is 3.57. The highest BCUT2D eigenvalue weighted by Crippen LogP contribution is 2.11. The summed E-state index contributed by atoms with van der Waals surface area (Å²) in [6.45, 7) is 18.5. The topological polar surface area (TPSA) is 0 Å². The van der Waals surface area contributed by atoms with Crippen molar-refractivity contribution < 1.29 is 0 Å². The molecule has 0 aliphatic rings. The van der Waals surface area contributed by atoms with Crippen LogP contribution in [0.25, 0.3) is 6.08 Å². The van der Waals surface area contributed by atoms with Crippen LogP contribution in [0.4, 0.5) is 0 Å². The molecule has 0 nitrogen and oxygen atoms in total. The Morgan fingerprint density at radius 1 is 0.938 bits per heavy atom. The van der Waals surface area contributed by atoms with Gasteiger partial charge >= 0.3 is 0 Å². The monoisotopic (exact) mass is 248 g/mol. The van der Waals surface area contributed by atoms with Crippen molar-refractivity contribution in [2.45, 2.75) is 39.3 Å². The van der Waals surface area contributed by atoms with Crippen molar-refractivity contribution in [3.05, 3.63) is 30.3 Å². The number of hydrogen-bond donors (Lipinski definition) is 0. The Kier molecular flexibility index (Phi) is 3.65. The molecule has 2 heteroatoms. The van der Waals surface area contributed by atoms with Gasteiger partial charge in [-0.2, -0.15) is 0 Å². The van der Waals surface area contributed by atoms with Gasteiger partial charge in [-0.3, -0.25) is 0 Å². The molecule has 1 rings (SSSR count). The molecule has 88 valence electrons. The van der Waals surface area contributed by atoms with E-state index in [-0.39, 0.29) is 0 Å². The quantitative estimate of drug-likeness (QED) is 0.719. The molecule has 0 amide bonds. The van der Waals surface area contributed by atoms with Crippen LogP contribution >= 0.6 is 0 Å². The molecule has 0 heterocycles. The van der Waals surface area contributed by atoms with Gasteiger partial charge in [0.2, 0.25) is 0 Å². The van der Waals surface area contributed by atoms with Crippen LogP contribution in [0.5, 0.6) is 0 Å². The fourth-order valence-corrected chi connectivity index (χ4v) is 7.89. The standard InChI is InChI=1S/C14H24Si2/c1-8-12-10-9-11-13(15(2,3)4)14(12)16(5,6)7/h8-11H,1H2,2-7H3. The van der Waals surface area contributed by atoms with Crippen LogP contribution in [0.3, 0.4) is 0 Å². The SMILES string of the molecule is C=Cc1cccc([Si](C)(C)C)c1[Si](C)(C)C. The molecule has 0 N–H and O–H groups in total. The molecule has 16 heavy (non-hydrogen) atoms. The molecule has 0 bridgehead atoms. The summed E-state index contributed by atoms with van der Waals surface area (Å²) < 4.78 is 0. The first-order chi connectivity index (χ1) is 7.18. The van der Waals surface area contributed by atoms with E-state index in [4.69, 9.17) is 0 Å². The van der Waals surface area contributed by atoms with E-state index in [2.05, 4.69) is 64.1 Å². The van der Waals surface area contributed by atoms with Crippen molar-refractivity contribution in [2.75, 3.05) is 0 Å². The van der Waals surface area contributed by atoms with Gasteiger partial charge in [-0.1, -0.05) is 80.5 Å². The van der Waals surface area contributed by atoms with Crippen LogP contribution in [0, 0.1) is 0 Å². The van der Waals surface area contributed by atoms with Gasteiger partial charge in [-0.15, -0.1) is 0 Å². The van der Waals surface area contributed by atoms with Gasteiger partial charge in [0.05, 0.1) is 16.1 Å². The Bertz CT molecular complexity index is 392. The molecule has 0 spiro atoms. The van der Waals surface area contributed by atoms with Crippen LogP contribution in [0.1, 0.15) is 5.56 Å². The fourth-order valence-electron chi connectivity index (χ4n) is 2.20. The minimum Gasteiger partial charge on any atom is -0.0985 e. The first-order valence-electron chi connectivity index (χ1n) is 5.94. The Hall–Kier alpha value is -0.606. The number of hydrogen-bond acceptors (Lipinski definition) is 0. The maximum Gasteiger partial charge on any atom is 0.0782 e. The lowest BCUT2D eigenvalue weighted by Gasteiger charge is -2.29. The summed E-state index contributed by atoms with van der Waals surface area (Å²) in [5.74, 6) is 0. The largest absolute Gasteiger partial charge is 0.0985 e. The fraction of sp³-hybridized carbons (Fsp3) is 0.429. The molecule has 0 saturated carbocycles. The Morgan fingerprint density at radius 3 is 1.88 bits per heavy atom. The van der Waals surface area contributed by atoms with Crippen molar-refractivity contribution >= 4 is 32.6 Å². The first kappa shape index (κ1) is 13.5. The second kappa shape index (κ2) is 4.34. The van der Waals surface area contributed by atoms with Crippen LogP contribution < -0.4 is 10.4 Å². The third-order valence-corrected chi connectivity index (χ3v) is 7.22. The summed E-state index contributed by atoms with van der Waals surface area (Å²) in [6, 6.07) is 6.74. The lowest BCUT2D eigenvalue weighted by atomic mass is 10.2. The molecule has 0 aromatic heterocycles. The predicted molar refractivity (Wildman–Crippen MR) is 82.5 cm³/mol. The van der Waals surface area contributed by atoms with Gasteiger partial charge in [-0.05, 0) is 5.56 Å². The molecule has 0 saturated heterocycles. The zero-order valence-electron chi connectivity index (χ0n) is 11.5. The van der Waals surface area contributed by atoms with Crippen LogP contribution in [-0.2, 0) is 0 Å². The van der Waals surface area contributed by atoms with Gasteiger partial charge in [0.1, 0.15) is 0 Å². The summed E-state index contributed by atoms with van der Waals surface area (Å²) in [7, 11) is -2.54. The van der Waals surface area contributed by atoms with Crippen molar-refractivity contribution in [3.8, 4) is 0 Å². The van der Waals surface area contributed by atoms with E-state index in [0.717, 1.165) is 0 Å². The normalized spacial score (nSPS) is 12.6. The van der Waals surface area contributed by atoms with E-state index in [1.54, 1.807) is 10.4 Å². The van der Waals surface area contributed by atoms with E-state index in [0.29, 0.717) is 0 Å². The minimum absolute atomic E-state index is 1.25. The minimum atomic E-state index is -1.29. The van der Waals surface area contributed by atoms with Crippen molar-refractivity contribution in [1.29, 1.82) is 0 Å². The zero-order valence-corrected chi connectivity index (χ0v) is 13.5. The van der Waals surface area contributed by atoms with Gasteiger partial charge in [-0.25, -0.2) is 0 Å². The third-order valence-electron chi connectivity index (χ3n) is 2.87. The molecule has 0 unspecified atom stereocenters. The van der Waals surface area contributed by atoms with Crippen molar-refractivity contribution in [3.63, 3.8) is 0 Å². The van der Waals surface area contributed by atoms with Crippen LogP contribution in [-0.4, -0.2) is 16.1 Å². The molecule has 0 radical (unpaired) electrons. The highest BCUT2D eigenvalue weighted by molar-refractivity contribution is 6.98. The molecule has 0 aliphatic carbocycles. The van der Waals surface area contributed by atoms with E-state index < -0.39 is 16.1 Å². The lowest BCUT2D eigenvalue weighted by molar-refractivity contribution is 1.64. The molecule has 1 aromatic carbocycles. The second-order valence-electron chi connectivity index (χ2n) is 6.47. The van der Waals surface area contributed by atoms with Gasteiger partial charge in [0, 0.05) is 0 Å². The number of benzene rings is 1. The van der Waals surface area contributed by atoms with E-state index in [1.165, 1.54) is 5.56 Å². The predicted octanol–water partition coefficient (Wildman–Crippen LogP) is 3.42. The van der Waals surface area contributed by atoms with Gasteiger partial charge in [0.25, 0.3) is 0 Å². The smallest absolute Gasteiger partial charge is 0.0782 e. The van der Waals surface area contributed by atoms with Crippen molar-refractivity contribution in [2.24, 2.45) is 0 Å².